The SMILES string of the molecule is COc1cc(/C=N\NC(=O)COc2c(C)ccc(C)c2C)cc([N+](=O)[O-])c1[O-]. The van der Waals surface area contributed by atoms with Crippen LogP contribution < -0.4 is 20.0 Å². The molecule has 2 aromatic carbocycles. The lowest BCUT2D eigenvalue weighted by Gasteiger charge is -2.13. The molecule has 0 heterocycles. The van der Waals surface area contributed by atoms with E-state index in [-0.39, 0.29) is 17.9 Å². The molecule has 1 amide bonds. The number of benzene rings is 2. The molecule has 0 saturated heterocycles. The fourth-order valence-electron chi connectivity index (χ4n) is 2.47. The molecular formula is C19H20N3O6-. The van der Waals surface area contributed by atoms with E-state index in [1.54, 1.807) is 0 Å². The average molecular weight is 386 g/mol. The molecule has 0 saturated carbocycles. The van der Waals surface area contributed by atoms with Gasteiger partial charge in [0.2, 0.25) is 0 Å². The van der Waals surface area contributed by atoms with Gasteiger partial charge in [-0.15, -0.1) is 0 Å². The van der Waals surface area contributed by atoms with Crippen LogP contribution in [0.1, 0.15) is 22.3 Å². The first-order valence-electron chi connectivity index (χ1n) is 8.29. The van der Waals surface area contributed by atoms with E-state index in [4.69, 9.17) is 9.47 Å². The highest BCUT2D eigenvalue weighted by Gasteiger charge is 2.13. The van der Waals surface area contributed by atoms with Gasteiger partial charge < -0.3 is 14.6 Å². The van der Waals surface area contributed by atoms with E-state index in [2.05, 4.69) is 10.5 Å². The van der Waals surface area contributed by atoms with E-state index >= 15 is 0 Å². The number of aryl methyl sites for hydroxylation is 2. The monoisotopic (exact) mass is 386 g/mol. The Morgan fingerprint density at radius 3 is 2.57 bits per heavy atom. The van der Waals surface area contributed by atoms with Gasteiger partial charge in [-0.25, -0.2) is 5.43 Å². The molecular weight excluding hydrogens is 366 g/mol. The minimum atomic E-state index is -0.828. The Hall–Kier alpha value is -3.62. The maximum atomic E-state index is 11.9. The van der Waals surface area contributed by atoms with Gasteiger partial charge in [-0.05, 0) is 43.5 Å². The highest BCUT2D eigenvalue weighted by molar-refractivity contribution is 5.85. The Balaban J connectivity index is 2.03. The Bertz CT molecular complexity index is 940. The van der Waals surface area contributed by atoms with E-state index in [1.807, 2.05) is 32.9 Å². The van der Waals surface area contributed by atoms with Crippen molar-refractivity contribution in [3.63, 3.8) is 0 Å². The third-order valence-electron chi connectivity index (χ3n) is 4.10. The van der Waals surface area contributed by atoms with Gasteiger partial charge in [-0.2, -0.15) is 5.10 Å². The van der Waals surface area contributed by atoms with Gasteiger partial charge in [-0.1, -0.05) is 12.1 Å². The Kier molecular flexibility index (Phi) is 6.54. The molecule has 0 aliphatic heterocycles. The Morgan fingerprint density at radius 1 is 1.25 bits per heavy atom. The molecule has 9 heteroatoms. The van der Waals surface area contributed by atoms with Crippen molar-refractivity contribution in [1.29, 1.82) is 0 Å². The normalized spacial score (nSPS) is 10.7. The minimum Gasteiger partial charge on any atom is -0.865 e. The molecule has 0 bridgehead atoms. The van der Waals surface area contributed by atoms with Gasteiger partial charge in [0.1, 0.15) is 11.5 Å². The number of rotatable bonds is 7. The number of hydrazone groups is 1. The molecule has 2 rings (SSSR count). The number of amides is 1. The number of hydrogen-bond donors (Lipinski definition) is 1. The zero-order valence-corrected chi connectivity index (χ0v) is 15.9. The predicted octanol–water partition coefficient (Wildman–Crippen LogP) is 2.13. The van der Waals surface area contributed by atoms with Crippen LogP contribution in [-0.4, -0.2) is 30.8 Å². The van der Waals surface area contributed by atoms with Crippen LogP contribution in [0.15, 0.2) is 29.4 Å². The standard InChI is InChI=1S/C19H21N3O6/c1-11-5-6-12(2)19(13(11)3)28-10-17(23)21-20-9-14-7-15(22(25)26)18(24)16(8-14)27-4/h5-9,24H,10H2,1-4H3,(H,21,23)/p-1/b20-9-. The summed E-state index contributed by atoms with van der Waals surface area (Å²) in [5.74, 6) is -0.870. The summed E-state index contributed by atoms with van der Waals surface area (Å²) in [6.45, 7) is 5.50. The van der Waals surface area contributed by atoms with Crippen LogP contribution in [0.5, 0.6) is 17.2 Å². The number of carbonyl (C=O) groups is 1. The molecule has 0 spiro atoms. The highest BCUT2D eigenvalue weighted by atomic mass is 16.6. The van der Waals surface area contributed by atoms with Gasteiger partial charge in [-0.3, -0.25) is 14.9 Å². The molecule has 0 aromatic heterocycles. The van der Waals surface area contributed by atoms with Crippen molar-refractivity contribution < 1.29 is 24.3 Å². The van der Waals surface area contributed by atoms with Crippen molar-refractivity contribution in [2.24, 2.45) is 5.10 Å². The van der Waals surface area contributed by atoms with Crippen molar-refractivity contribution in [3.8, 4) is 17.2 Å². The summed E-state index contributed by atoms with van der Waals surface area (Å²) < 4.78 is 10.4. The summed E-state index contributed by atoms with van der Waals surface area (Å²) >= 11 is 0. The second-order valence-corrected chi connectivity index (χ2v) is 6.06. The number of nitro groups is 1. The van der Waals surface area contributed by atoms with Crippen LogP contribution in [0.3, 0.4) is 0 Å². The summed E-state index contributed by atoms with van der Waals surface area (Å²) in [6, 6.07) is 6.23. The lowest BCUT2D eigenvalue weighted by atomic mass is 10.1. The summed E-state index contributed by atoms with van der Waals surface area (Å²) in [6.07, 6.45) is 1.18. The van der Waals surface area contributed by atoms with Gasteiger partial charge in [0.25, 0.3) is 11.6 Å². The number of carbonyl (C=O) groups excluding carboxylic acids is 1. The fourth-order valence-corrected chi connectivity index (χ4v) is 2.47. The zero-order chi connectivity index (χ0) is 20.8. The first-order chi connectivity index (χ1) is 13.2. The van der Waals surface area contributed by atoms with Crippen molar-refractivity contribution in [2.75, 3.05) is 13.7 Å². The molecule has 9 nitrogen and oxygen atoms in total. The maximum absolute atomic E-state index is 11.9. The first-order valence-corrected chi connectivity index (χ1v) is 8.29. The average Bonchev–Trinajstić information content (AvgIpc) is 2.65. The third kappa shape index (κ3) is 4.76. The lowest BCUT2D eigenvalue weighted by Crippen LogP contribution is -2.25. The number of hydrogen-bond acceptors (Lipinski definition) is 7. The molecule has 0 aliphatic rings. The van der Waals surface area contributed by atoms with E-state index in [0.29, 0.717) is 5.75 Å². The Morgan fingerprint density at radius 2 is 1.93 bits per heavy atom. The van der Waals surface area contributed by atoms with Crippen LogP contribution in [0, 0.1) is 30.9 Å². The van der Waals surface area contributed by atoms with Gasteiger partial charge in [0, 0.05) is 17.4 Å². The van der Waals surface area contributed by atoms with Gasteiger partial charge in [0.05, 0.1) is 18.2 Å². The van der Waals surface area contributed by atoms with Crippen molar-refractivity contribution in [2.45, 2.75) is 20.8 Å². The lowest BCUT2D eigenvalue weighted by molar-refractivity contribution is -0.398. The smallest absolute Gasteiger partial charge is 0.277 e. The highest BCUT2D eigenvalue weighted by Crippen LogP contribution is 2.33. The number of ether oxygens (including phenoxy) is 2. The van der Waals surface area contributed by atoms with Crippen LogP contribution in [0.4, 0.5) is 5.69 Å². The molecule has 0 aliphatic carbocycles. The number of nitrogens with one attached hydrogen (secondary N) is 1. The molecule has 28 heavy (non-hydrogen) atoms. The third-order valence-corrected chi connectivity index (χ3v) is 4.10. The first kappa shape index (κ1) is 20.7. The maximum Gasteiger partial charge on any atom is 0.277 e. The largest absolute Gasteiger partial charge is 0.865 e. The molecule has 0 radical (unpaired) electrons. The zero-order valence-electron chi connectivity index (χ0n) is 15.9. The van der Waals surface area contributed by atoms with Gasteiger partial charge in [0.15, 0.2) is 6.61 Å². The number of nitro benzene ring substituents is 1. The minimum absolute atomic E-state index is 0.185. The molecule has 0 unspecified atom stereocenters. The summed E-state index contributed by atoms with van der Waals surface area (Å²) in [5, 5.41) is 26.5. The van der Waals surface area contributed by atoms with Crippen LogP contribution >= 0.6 is 0 Å². The topological polar surface area (TPSA) is 126 Å². The van der Waals surface area contributed by atoms with E-state index in [1.165, 1.54) is 19.4 Å². The fraction of sp³-hybridized carbons (Fsp3) is 0.263. The molecule has 0 fully saturated rings. The summed E-state index contributed by atoms with van der Waals surface area (Å²) in [7, 11) is 1.23. The second kappa shape index (κ2) is 8.85. The van der Waals surface area contributed by atoms with E-state index < -0.39 is 22.3 Å². The van der Waals surface area contributed by atoms with Crippen molar-refractivity contribution in [3.05, 3.63) is 56.6 Å². The van der Waals surface area contributed by atoms with Crippen LogP contribution in [0.25, 0.3) is 0 Å². The summed E-state index contributed by atoms with van der Waals surface area (Å²) in [5.41, 5.74) is 4.78. The summed E-state index contributed by atoms with van der Waals surface area (Å²) in [4.78, 5) is 22.1. The molecule has 1 N–H and O–H groups in total. The molecule has 148 valence electrons. The van der Waals surface area contributed by atoms with Crippen LogP contribution in [-0.2, 0) is 4.79 Å². The van der Waals surface area contributed by atoms with Crippen LogP contribution in [0.2, 0.25) is 0 Å². The second-order valence-electron chi connectivity index (χ2n) is 6.06. The predicted molar refractivity (Wildman–Crippen MR) is 101 cm³/mol. The molecule has 2 aromatic rings. The molecule has 0 atom stereocenters. The van der Waals surface area contributed by atoms with E-state index in [0.717, 1.165) is 22.8 Å². The van der Waals surface area contributed by atoms with Crippen molar-refractivity contribution >= 4 is 17.8 Å². The Labute approximate surface area is 161 Å². The van der Waals surface area contributed by atoms with E-state index in [9.17, 15) is 20.0 Å². The quantitative estimate of drug-likeness (QED) is 0.441. The number of nitrogens with zero attached hydrogens (tertiary/aromatic N) is 2. The number of methoxy groups -OCH3 is 1. The van der Waals surface area contributed by atoms with Gasteiger partial charge >= 0.3 is 0 Å². The van der Waals surface area contributed by atoms with Crippen molar-refractivity contribution in [1.82, 2.24) is 5.43 Å².